The van der Waals surface area contributed by atoms with Crippen LogP contribution in [-0.4, -0.2) is 74.2 Å². The Morgan fingerprint density at radius 3 is 2.54 bits per heavy atom. The van der Waals surface area contributed by atoms with E-state index in [-0.39, 0.29) is 12.0 Å². The van der Waals surface area contributed by atoms with Gasteiger partial charge < -0.3 is 19.7 Å². The number of amides is 2. The molecule has 2 rings (SSSR count). The Labute approximate surface area is 153 Å². The van der Waals surface area contributed by atoms with Gasteiger partial charge >= 0.3 is 12.1 Å². The van der Waals surface area contributed by atoms with Gasteiger partial charge in [0.05, 0.1) is 19.3 Å². The van der Waals surface area contributed by atoms with Gasteiger partial charge in [-0.05, 0) is 25.1 Å². The number of methoxy groups -OCH3 is 1. The maximum Gasteiger partial charge on any atom is 0.409 e. The molecule has 2 amide bonds. The lowest BCUT2D eigenvalue weighted by molar-refractivity contribution is -0.116. The third kappa shape index (κ3) is 5.73. The maximum atomic E-state index is 12.1. The normalized spacial score (nSPS) is 14.6. The van der Waals surface area contributed by atoms with Gasteiger partial charge in [-0.2, -0.15) is 0 Å². The fraction of sp³-hybridized carbons (Fsp3) is 0.500. The van der Waals surface area contributed by atoms with Crippen LogP contribution in [0.5, 0.6) is 0 Å². The quantitative estimate of drug-likeness (QED) is 0.772. The van der Waals surface area contributed by atoms with Crippen molar-refractivity contribution >= 4 is 23.7 Å². The number of carbonyl (C=O) groups is 3. The molecule has 1 aliphatic rings. The van der Waals surface area contributed by atoms with Crippen LogP contribution in [0.4, 0.5) is 10.5 Å². The van der Waals surface area contributed by atoms with Crippen molar-refractivity contribution in [1.29, 1.82) is 0 Å². The minimum absolute atomic E-state index is 0.125. The molecule has 0 aliphatic carbocycles. The van der Waals surface area contributed by atoms with Crippen LogP contribution in [0.2, 0.25) is 0 Å². The van der Waals surface area contributed by atoms with Crippen LogP contribution in [0.15, 0.2) is 24.3 Å². The van der Waals surface area contributed by atoms with Crippen LogP contribution in [0.25, 0.3) is 0 Å². The number of nitrogens with zero attached hydrogens (tertiary/aromatic N) is 2. The first kappa shape index (κ1) is 19.7. The molecular formula is C18H25N3O5. The summed E-state index contributed by atoms with van der Waals surface area (Å²) in [5.74, 6) is -0.569. The molecule has 0 unspecified atom stereocenters. The van der Waals surface area contributed by atoms with Gasteiger partial charge in [-0.1, -0.05) is 6.07 Å². The SMILES string of the molecule is CCOC(=O)N1CCN(CCC(=O)Nc2cccc(C(=O)OC)c2)CC1. The van der Waals surface area contributed by atoms with Gasteiger partial charge in [-0.15, -0.1) is 0 Å². The van der Waals surface area contributed by atoms with Crippen LogP contribution in [0.3, 0.4) is 0 Å². The van der Waals surface area contributed by atoms with E-state index in [9.17, 15) is 14.4 Å². The van der Waals surface area contributed by atoms with Crippen molar-refractivity contribution in [1.82, 2.24) is 9.80 Å². The molecule has 1 N–H and O–H groups in total. The highest BCUT2D eigenvalue weighted by molar-refractivity contribution is 5.94. The van der Waals surface area contributed by atoms with E-state index in [2.05, 4.69) is 15.0 Å². The third-order valence-electron chi connectivity index (χ3n) is 4.12. The van der Waals surface area contributed by atoms with E-state index in [0.717, 1.165) is 0 Å². The number of carbonyl (C=O) groups excluding carboxylic acids is 3. The Morgan fingerprint density at radius 2 is 1.88 bits per heavy atom. The number of esters is 1. The van der Waals surface area contributed by atoms with Gasteiger partial charge in [0.15, 0.2) is 0 Å². The summed E-state index contributed by atoms with van der Waals surface area (Å²) in [6.07, 6.45) is 0.0531. The number of ether oxygens (including phenoxy) is 2. The van der Waals surface area contributed by atoms with Crippen molar-refractivity contribution in [3.63, 3.8) is 0 Å². The summed E-state index contributed by atoms with van der Waals surface area (Å²) >= 11 is 0. The van der Waals surface area contributed by atoms with E-state index in [1.54, 1.807) is 36.1 Å². The smallest absolute Gasteiger partial charge is 0.409 e. The third-order valence-corrected chi connectivity index (χ3v) is 4.12. The van der Waals surface area contributed by atoms with Gasteiger partial charge in [0.25, 0.3) is 0 Å². The molecule has 1 aromatic rings. The average molecular weight is 363 g/mol. The number of anilines is 1. The van der Waals surface area contributed by atoms with E-state index in [4.69, 9.17) is 4.74 Å². The number of rotatable bonds is 6. The second-order valence-corrected chi connectivity index (χ2v) is 5.90. The summed E-state index contributed by atoms with van der Waals surface area (Å²) in [7, 11) is 1.31. The van der Waals surface area contributed by atoms with Crippen molar-refractivity contribution in [2.45, 2.75) is 13.3 Å². The van der Waals surface area contributed by atoms with Crippen molar-refractivity contribution in [2.75, 3.05) is 51.8 Å². The predicted molar refractivity (Wildman–Crippen MR) is 96.1 cm³/mol. The van der Waals surface area contributed by atoms with Crippen molar-refractivity contribution < 1.29 is 23.9 Å². The van der Waals surface area contributed by atoms with Gasteiger partial charge in [0, 0.05) is 44.8 Å². The summed E-state index contributed by atoms with van der Waals surface area (Å²) in [5.41, 5.74) is 0.949. The van der Waals surface area contributed by atoms with Crippen LogP contribution >= 0.6 is 0 Å². The van der Waals surface area contributed by atoms with Crippen LogP contribution in [-0.2, 0) is 14.3 Å². The lowest BCUT2D eigenvalue weighted by Gasteiger charge is -2.33. The van der Waals surface area contributed by atoms with Crippen LogP contribution in [0.1, 0.15) is 23.7 Å². The molecule has 1 fully saturated rings. The molecule has 0 spiro atoms. The van der Waals surface area contributed by atoms with Crippen LogP contribution in [0, 0.1) is 0 Å². The molecule has 0 aromatic heterocycles. The molecule has 1 aromatic carbocycles. The molecule has 0 radical (unpaired) electrons. The molecule has 0 bridgehead atoms. The van der Waals surface area contributed by atoms with Crippen LogP contribution < -0.4 is 5.32 Å². The zero-order chi connectivity index (χ0) is 18.9. The first-order valence-corrected chi connectivity index (χ1v) is 8.65. The molecule has 8 nitrogen and oxygen atoms in total. The van der Waals surface area contributed by atoms with E-state index >= 15 is 0 Å². The van der Waals surface area contributed by atoms with E-state index < -0.39 is 5.97 Å². The number of hydrogen-bond acceptors (Lipinski definition) is 6. The summed E-state index contributed by atoms with van der Waals surface area (Å²) in [5, 5.41) is 2.79. The fourth-order valence-corrected chi connectivity index (χ4v) is 2.69. The molecular weight excluding hydrogens is 338 g/mol. The molecule has 1 saturated heterocycles. The summed E-state index contributed by atoms with van der Waals surface area (Å²) < 4.78 is 9.66. The van der Waals surface area contributed by atoms with Gasteiger partial charge in [0.2, 0.25) is 5.91 Å². The van der Waals surface area contributed by atoms with Crippen molar-refractivity contribution in [3.8, 4) is 0 Å². The zero-order valence-electron chi connectivity index (χ0n) is 15.2. The highest BCUT2D eigenvalue weighted by Gasteiger charge is 2.22. The second kappa shape index (κ2) is 9.76. The molecule has 142 valence electrons. The maximum absolute atomic E-state index is 12.1. The Kier molecular flexibility index (Phi) is 7.40. The first-order chi connectivity index (χ1) is 12.5. The summed E-state index contributed by atoms with van der Waals surface area (Å²) in [6.45, 7) is 5.39. The lowest BCUT2D eigenvalue weighted by Crippen LogP contribution is -2.49. The van der Waals surface area contributed by atoms with E-state index in [1.165, 1.54) is 7.11 Å². The van der Waals surface area contributed by atoms with Gasteiger partial charge in [-0.3, -0.25) is 9.69 Å². The molecule has 26 heavy (non-hydrogen) atoms. The first-order valence-electron chi connectivity index (χ1n) is 8.65. The van der Waals surface area contributed by atoms with Crippen molar-refractivity contribution in [2.24, 2.45) is 0 Å². The number of nitrogens with one attached hydrogen (secondary N) is 1. The number of piperazine rings is 1. The van der Waals surface area contributed by atoms with E-state index in [0.29, 0.717) is 57.0 Å². The number of benzene rings is 1. The Balaban J connectivity index is 1.74. The van der Waals surface area contributed by atoms with Gasteiger partial charge in [0.1, 0.15) is 0 Å². The monoisotopic (exact) mass is 363 g/mol. The van der Waals surface area contributed by atoms with Gasteiger partial charge in [-0.25, -0.2) is 9.59 Å². The zero-order valence-corrected chi connectivity index (χ0v) is 15.2. The summed E-state index contributed by atoms with van der Waals surface area (Å²) in [4.78, 5) is 39.1. The summed E-state index contributed by atoms with van der Waals surface area (Å²) in [6, 6.07) is 6.63. The van der Waals surface area contributed by atoms with Crippen molar-refractivity contribution in [3.05, 3.63) is 29.8 Å². The molecule has 1 aliphatic heterocycles. The molecule has 0 saturated carbocycles. The Bertz CT molecular complexity index is 641. The topological polar surface area (TPSA) is 88.2 Å². The molecule has 8 heteroatoms. The lowest BCUT2D eigenvalue weighted by atomic mass is 10.2. The fourth-order valence-electron chi connectivity index (χ4n) is 2.69. The molecule has 1 heterocycles. The highest BCUT2D eigenvalue weighted by atomic mass is 16.6. The Hall–Kier alpha value is -2.61. The molecule has 0 atom stereocenters. The largest absolute Gasteiger partial charge is 0.465 e. The average Bonchev–Trinajstić information content (AvgIpc) is 2.66. The minimum Gasteiger partial charge on any atom is -0.465 e. The minimum atomic E-state index is -0.444. The second-order valence-electron chi connectivity index (χ2n) is 5.90. The predicted octanol–water partition coefficient (Wildman–Crippen LogP) is 1.58. The Morgan fingerprint density at radius 1 is 1.15 bits per heavy atom. The standard InChI is InChI=1S/C18H25N3O5/c1-3-26-18(24)21-11-9-20(10-12-21)8-7-16(22)19-15-6-4-5-14(13-15)17(23)25-2/h4-6,13H,3,7-12H2,1-2H3,(H,19,22). The number of hydrogen-bond donors (Lipinski definition) is 1. The van der Waals surface area contributed by atoms with E-state index in [1.807, 2.05) is 0 Å². The highest BCUT2D eigenvalue weighted by Crippen LogP contribution is 2.12.